The molecule has 1 saturated heterocycles. The van der Waals surface area contributed by atoms with E-state index in [1.54, 1.807) is 11.1 Å². The maximum Gasteiger partial charge on any atom is 0.410 e. The Kier molecular flexibility index (Phi) is 7.86. The number of hydrogen-bond donors (Lipinski definition) is 1. The Labute approximate surface area is 228 Å². The predicted octanol–water partition coefficient (Wildman–Crippen LogP) is 4.86. The van der Waals surface area contributed by atoms with Crippen molar-refractivity contribution in [3.05, 3.63) is 46.1 Å². The summed E-state index contributed by atoms with van der Waals surface area (Å²) in [6.07, 6.45) is 0.920. The summed E-state index contributed by atoms with van der Waals surface area (Å²) >= 11 is 6.20. The van der Waals surface area contributed by atoms with E-state index in [9.17, 15) is 14.3 Å². The van der Waals surface area contributed by atoms with Crippen molar-refractivity contribution in [2.45, 2.75) is 72.2 Å². The van der Waals surface area contributed by atoms with Crippen LogP contribution in [0.3, 0.4) is 0 Å². The number of halogens is 2. The zero-order valence-electron chi connectivity index (χ0n) is 23.0. The molecule has 206 valence electrons. The second kappa shape index (κ2) is 10.6. The fraction of sp³-hybridized carbons (Fsp3) is 0.556. The lowest BCUT2D eigenvalue weighted by Crippen LogP contribution is -2.59. The van der Waals surface area contributed by atoms with Gasteiger partial charge >= 0.3 is 6.09 Å². The van der Waals surface area contributed by atoms with E-state index in [-0.39, 0.29) is 24.2 Å². The van der Waals surface area contributed by atoms with Gasteiger partial charge in [0.05, 0.1) is 29.6 Å². The number of aromatic nitrogens is 2. The molecule has 38 heavy (non-hydrogen) atoms. The number of carbonyl (C=O) groups excluding carboxylic acids is 1. The van der Waals surface area contributed by atoms with Crippen molar-refractivity contribution in [2.75, 3.05) is 31.1 Å². The summed E-state index contributed by atoms with van der Waals surface area (Å²) in [6, 6.07) is 2.81. The molecule has 0 aromatic carbocycles. The van der Waals surface area contributed by atoms with Gasteiger partial charge < -0.3 is 24.5 Å². The minimum atomic E-state index is -0.660. The van der Waals surface area contributed by atoms with E-state index in [2.05, 4.69) is 23.8 Å². The van der Waals surface area contributed by atoms with E-state index in [1.807, 2.05) is 50.5 Å². The molecule has 0 radical (unpaired) electrons. The zero-order valence-corrected chi connectivity index (χ0v) is 23.8. The molecule has 0 spiro atoms. The molecule has 4 heterocycles. The molecule has 2 unspecified atom stereocenters. The van der Waals surface area contributed by atoms with Crippen LogP contribution in [-0.2, 0) is 4.74 Å². The molecular weight excluding hydrogens is 511 g/mol. The van der Waals surface area contributed by atoms with E-state index in [0.29, 0.717) is 30.3 Å². The molecule has 2 atom stereocenters. The monoisotopic (exact) mass is 546 g/mol. The van der Waals surface area contributed by atoms with Gasteiger partial charge in [-0.25, -0.2) is 19.2 Å². The van der Waals surface area contributed by atoms with Crippen molar-refractivity contribution in [1.82, 2.24) is 19.8 Å². The maximum absolute atomic E-state index is 14.8. The molecule has 1 amide bonds. The molecular formula is C27H36ClFN6O3. The number of aliphatic imine (C=N–C) groups is 1. The first-order chi connectivity index (χ1) is 17.8. The molecule has 4 rings (SSSR count). The first-order valence-corrected chi connectivity index (χ1v) is 13.2. The van der Waals surface area contributed by atoms with Crippen LogP contribution < -0.4 is 4.90 Å². The smallest absolute Gasteiger partial charge is 0.410 e. The molecule has 0 bridgehead atoms. The Morgan fingerprint density at radius 3 is 2.66 bits per heavy atom. The topological polar surface area (TPSA) is 94.4 Å². The first kappa shape index (κ1) is 28.0. The number of rotatable bonds is 3. The highest BCUT2D eigenvalue weighted by atomic mass is 35.5. The Balaban J connectivity index is 1.76. The first-order valence-electron chi connectivity index (χ1n) is 12.9. The van der Waals surface area contributed by atoms with Gasteiger partial charge in [-0.3, -0.25) is 4.98 Å². The molecule has 2 aromatic heterocycles. The molecule has 11 heteroatoms. The van der Waals surface area contributed by atoms with Crippen LogP contribution >= 0.6 is 11.6 Å². The number of anilines is 2. The van der Waals surface area contributed by atoms with E-state index in [4.69, 9.17) is 21.3 Å². The van der Waals surface area contributed by atoms with E-state index in [0.717, 1.165) is 16.9 Å². The lowest BCUT2D eigenvalue weighted by atomic mass is 10.0. The fourth-order valence-electron chi connectivity index (χ4n) is 4.90. The lowest BCUT2D eigenvalue weighted by Gasteiger charge is -2.45. The second-order valence-corrected chi connectivity index (χ2v) is 11.4. The van der Waals surface area contributed by atoms with E-state index >= 15 is 0 Å². The van der Waals surface area contributed by atoms with Crippen LogP contribution in [0.25, 0.3) is 0 Å². The Hall–Kier alpha value is -2.98. The molecule has 1 N–H and O–H groups in total. The van der Waals surface area contributed by atoms with Crippen molar-refractivity contribution < 1.29 is 19.0 Å². The second-order valence-electron chi connectivity index (χ2n) is 11.1. The number of ether oxygens (including phenoxy) is 1. The molecule has 2 aliphatic heterocycles. The third-order valence-electron chi connectivity index (χ3n) is 6.62. The fourth-order valence-corrected chi connectivity index (χ4v) is 5.03. The van der Waals surface area contributed by atoms with Gasteiger partial charge in [0.25, 0.3) is 0 Å². The largest absolute Gasteiger partial charge is 0.444 e. The SMILES string of the molecule is Cc1ccnc(C(C)C)c1N1c2nc(Cl)c(F)cc2C(N2CCN(C(=O)OC(C)(C)C)CC2CO)=NC1C. The standard InChI is InChI=1S/C27H36ClFN6O3/c1-15(2)21-22(16(3)8-9-30-21)35-17(4)31-24(19-12-20(29)23(28)32-25(19)35)34-11-10-33(13-18(34)14-36)26(37)38-27(5,6)7/h8-9,12,15,17-18,36H,10-11,13-14H2,1-7H3. The van der Waals surface area contributed by atoms with Crippen LogP contribution in [0.4, 0.5) is 20.7 Å². The number of hydrogen-bond acceptors (Lipinski definition) is 8. The summed E-state index contributed by atoms with van der Waals surface area (Å²) in [6.45, 7) is 14.2. The van der Waals surface area contributed by atoms with Gasteiger partial charge in [-0.1, -0.05) is 25.4 Å². The summed E-state index contributed by atoms with van der Waals surface area (Å²) in [5.41, 5.74) is 2.56. The highest BCUT2D eigenvalue weighted by molar-refractivity contribution is 6.30. The Morgan fingerprint density at radius 2 is 2.03 bits per heavy atom. The van der Waals surface area contributed by atoms with Crippen molar-refractivity contribution in [1.29, 1.82) is 0 Å². The van der Waals surface area contributed by atoms with Crippen molar-refractivity contribution in [3.8, 4) is 0 Å². The number of amidine groups is 1. The van der Waals surface area contributed by atoms with E-state index in [1.165, 1.54) is 6.07 Å². The summed E-state index contributed by atoms with van der Waals surface area (Å²) < 4.78 is 20.4. The van der Waals surface area contributed by atoms with Crippen LogP contribution in [0.5, 0.6) is 0 Å². The third kappa shape index (κ3) is 5.42. The third-order valence-corrected chi connectivity index (χ3v) is 6.89. The van der Waals surface area contributed by atoms with Gasteiger partial charge in [0.2, 0.25) is 0 Å². The number of aliphatic hydroxyl groups excluding tert-OH is 1. The van der Waals surface area contributed by atoms with Gasteiger partial charge in [-0.2, -0.15) is 0 Å². The lowest BCUT2D eigenvalue weighted by molar-refractivity contribution is 0.00729. The number of fused-ring (bicyclic) bond motifs is 1. The van der Waals surface area contributed by atoms with E-state index < -0.39 is 29.7 Å². The number of carbonyl (C=O) groups is 1. The Bertz CT molecular complexity index is 1250. The van der Waals surface area contributed by atoms with Gasteiger partial charge in [-0.15, -0.1) is 0 Å². The highest BCUT2D eigenvalue weighted by Crippen LogP contribution is 2.41. The number of amides is 1. The minimum absolute atomic E-state index is 0.126. The maximum atomic E-state index is 14.8. The molecule has 2 aliphatic rings. The molecule has 2 aromatic rings. The summed E-state index contributed by atoms with van der Waals surface area (Å²) in [5, 5.41) is 10.1. The minimum Gasteiger partial charge on any atom is -0.444 e. The van der Waals surface area contributed by atoms with Gasteiger partial charge in [0.1, 0.15) is 23.4 Å². The van der Waals surface area contributed by atoms with Gasteiger partial charge in [0, 0.05) is 25.8 Å². The average Bonchev–Trinajstić information content (AvgIpc) is 2.83. The van der Waals surface area contributed by atoms with Crippen molar-refractivity contribution in [3.63, 3.8) is 0 Å². The van der Waals surface area contributed by atoms with Crippen LogP contribution in [0.2, 0.25) is 5.15 Å². The Morgan fingerprint density at radius 1 is 1.32 bits per heavy atom. The molecule has 0 aliphatic carbocycles. The molecule has 1 fully saturated rings. The van der Waals surface area contributed by atoms with Crippen LogP contribution in [0.1, 0.15) is 64.3 Å². The number of pyridine rings is 2. The van der Waals surface area contributed by atoms with Crippen LogP contribution in [0.15, 0.2) is 23.3 Å². The predicted molar refractivity (Wildman–Crippen MR) is 146 cm³/mol. The zero-order chi connectivity index (χ0) is 27.9. The molecule has 9 nitrogen and oxygen atoms in total. The summed E-state index contributed by atoms with van der Waals surface area (Å²) in [4.78, 5) is 32.2. The average molecular weight is 547 g/mol. The number of aryl methyl sites for hydroxylation is 1. The number of aliphatic hydroxyl groups is 1. The molecule has 0 saturated carbocycles. The number of nitrogens with zero attached hydrogens (tertiary/aromatic N) is 6. The van der Waals surface area contributed by atoms with Gasteiger partial charge in [0.15, 0.2) is 11.0 Å². The van der Waals surface area contributed by atoms with Crippen molar-refractivity contribution in [2.24, 2.45) is 4.99 Å². The van der Waals surface area contributed by atoms with Crippen LogP contribution in [0, 0.1) is 12.7 Å². The van der Waals surface area contributed by atoms with Crippen molar-refractivity contribution >= 4 is 35.0 Å². The highest BCUT2D eigenvalue weighted by Gasteiger charge is 2.39. The van der Waals surface area contributed by atoms with Gasteiger partial charge in [-0.05, 0) is 58.2 Å². The quantitative estimate of drug-likeness (QED) is 0.549. The summed E-state index contributed by atoms with van der Waals surface area (Å²) in [5.74, 6) is 0.439. The van der Waals surface area contributed by atoms with Crippen LogP contribution in [-0.4, -0.2) is 80.9 Å². The normalized spacial score (nSPS) is 20.0. The number of piperazine rings is 1. The summed E-state index contributed by atoms with van der Waals surface area (Å²) in [7, 11) is 0.